The normalized spacial score (nSPS) is 14.8. The number of aliphatic carboxylic acids is 1. The van der Waals surface area contributed by atoms with Crippen molar-refractivity contribution < 1.29 is 32.7 Å². The summed E-state index contributed by atoms with van der Waals surface area (Å²) in [4.78, 5) is 48.4. The third-order valence-corrected chi connectivity index (χ3v) is 6.08. The maximum Gasteiger partial charge on any atom is 0.490 e. The number of alkyl halides is 3. The first-order valence-corrected chi connectivity index (χ1v) is 11.9. The van der Waals surface area contributed by atoms with Crippen LogP contribution >= 0.6 is 0 Å². The molecule has 13 heteroatoms. The van der Waals surface area contributed by atoms with E-state index >= 15 is 0 Å². The summed E-state index contributed by atoms with van der Waals surface area (Å²) in [7, 11) is 0. The Hall–Kier alpha value is -4.68. The Labute approximate surface area is 220 Å². The van der Waals surface area contributed by atoms with Crippen LogP contribution in [0.15, 0.2) is 60.9 Å². The summed E-state index contributed by atoms with van der Waals surface area (Å²) in [6.45, 7) is 3.60. The molecule has 5 rings (SSSR count). The van der Waals surface area contributed by atoms with Crippen LogP contribution in [0.1, 0.15) is 40.7 Å². The number of H-pyrrole nitrogens is 1. The lowest BCUT2D eigenvalue weighted by molar-refractivity contribution is -0.192. The minimum Gasteiger partial charge on any atom is -0.475 e. The predicted octanol–water partition coefficient (Wildman–Crippen LogP) is 3.47. The SMILES string of the molecule is CC1c2nc(CC(=O)NCc3ccccn3)cn2CCN1C(=O)c1cc2ccccc2[nH]1.O=C(O)C(F)(F)F. The van der Waals surface area contributed by atoms with Crippen LogP contribution in [-0.4, -0.2) is 60.0 Å². The summed E-state index contributed by atoms with van der Waals surface area (Å²) in [5.74, 6) is -2.11. The molecule has 0 fully saturated rings. The van der Waals surface area contributed by atoms with Gasteiger partial charge in [-0.25, -0.2) is 9.78 Å². The van der Waals surface area contributed by atoms with Crippen molar-refractivity contribution in [1.29, 1.82) is 0 Å². The molecule has 2 amide bonds. The van der Waals surface area contributed by atoms with Gasteiger partial charge in [-0.1, -0.05) is 24.3 Å². The summed E-state index contributed by atoms with van der Waals surface area (Å²) in [5.41, 5.74) is 3.03. The van der Waals surface area contributed by atoms with Crippen LogP contribution in [0, 0.1) is 0 Å². The van der Waals surface area contributed by atoms with Crippen molar-refractivity contribution in [2.75, 3.05) is 6.54 Å². The third-order valence-electron chi connectivity index (χ3n) is 6.08. The molecule has 0 saturated heterocycles. The molecule has 1 aliphatic heterocycles. The number of aromatic amines is 1. The van der Waals surface area contributed by atoms with Crippen LogP contribution in [0.3, 0.4) is 0 Å². The molecular formula is C26H25F3N6O4. The molecule has 1 unspecified atom stereocenters. The zero-order chi connectivity index (χ0) is 28.2. The highest BCUT2D eigenvalue weighted by molar-refractivity contribution is 5.98. The van der Waals surface area contributed by atoms with Gasteiger partial charge in [-0.15, -0.1) is 0 Å². The molecule has 4 aromatic rings. The summed E-state index contributed by atoms with van der Waals surface area (Å²) in [5, 5.41) is 11.0. The fourth-order valence-corrected chi connectivity index (χ4v) is 4.17. The molecule has 39 heavy (non-hydrogen) atoms. The van der Waals surface area contributed by atoms with Crippen LogP contribution in [0.25, 0.3) is 10.9 Å². The molecule has 0 spiro atoms. The number of para-hydroxylation sites is 1. The number of nitrogens with zero attached hydrogens (tertiary/aromatic N) is 4. The molecule has 10 nitrogen and oxygen atoms in total. The number of imidazole rings is 1. The van der Waals surface area contributed by atoms with Gasteiger partial charge in [0.25, 0.3) is 5.91 Å². The number of hydrogen-bond acceptors (Lipinski definition) is 5. The zero-order valence-electron chi connectivity index (χ0n) is 20.8. The second kappa shape index (κ2) is 11.4. The lowest BCUT2D eigenvalue weighted by Crippen LogP contribution is -2.41. The monoisotopic (exact) mass is 542 g/mol. The number of amides is 2. The van der Waals surface area contributed by atoms with Crippen LogP contribution in [0.5, 0.6) is 0 Å². The molecule has 0 saturated carbocycles. The Kier molecular flexibility index (Phi) is 7.98. The minimum atomic E-state index is -5.08. The van der Waals surface area contributed by atoms with Crippen LogP contribution in [0.4, 0.5) is 13.2 Å². The number of rotatable bonds is 5. The van der Waals surface area contributed by atoms with Gasteiger partial charge >= 0.3 is 12.1 Å². The number of fused-ring (bicyclic) bond motifs is 2. The van der Waals surface area contributed by atoms with E-state index in [1.54, 1.807) is 6.20 Å². The minimum absolute atomic E-state index is 0.0439. The summed E-state index contributed by atoms with van der Waals surface area (Å²) >= 11 is 0. The van der Waals surface area contributed by atoms with Crippen molar-refractivity contribution in [1.82, 2.24) is 29.7 Å². The Morgan fingerprint density at radius 2 is 1.82 bits per heavy atom. The van der Waals surface area contributed by atoms with Gasteiger partial charge in [-0.3, -0.25) is 14.6 Å². The Bertz CT molecular complexity index is 1450. The second-order valence-electron chi connectivity index (χ2n) is 8.81. The van der Waals surface area contributed by atoms with Gasteiger partial charge in [0.15, 0.2) is 0 Å². The van der Waals surface area contributed by atoms with Gasteiger partial charge in [0.1, 0.15) is 11.5 Å². The van der Waals surface area contributed by atoms with E-state index < -0.39 is 12.1 Å². The van der Waals surface area contributed by atoms with Crippen LogP contribution in [-0.2, 0) is 29.1 Å². The number of hydrogen-bond donors (Lipinski definition) is 3. The van der Waals surface area contributed by atoms with Crippen LogP contribution < -0.4 is 5.32 Å². The van der Waals surface area contributed by atoms with E-state index in [1.807, 2.05) is 71.1 Å². The Balaban J connectivity index is 0.000000448. The maximum absolute atomic E-state index is 13.2. The van der Waals surface area contributed by atoms with Crippen molar-refractivity contribution in [3.63, 3.8) is 0 Å². The van der Waals surface area contributed by atoms with E-state index in [1.165, 1.54) is 0 Å². The Morgan fingerprint density at radius 3 is 2.49 bits per heavy atom. The van der Waals surface area contributed by atoms with Crippen molar-refractivity contribution >= 4 is 28.7 Å². The van der Waals surface area contributed by atoms with E-state index in [0.717, 1.165) is 22.4 Å². The van der Waals surface area contributed by atoms with Crippen molar-refractivity contribution in [3.8, 4) is 0 Å². The zero-order valence-corrected chi connectivity index (χ0v) is 20.8. The molecule has 0 bridgehead atoms. The highest BCUT2D eigenvalue weighted by atomic mass is 19.4. The lowest BCUT2D eigenvalue weighted by Gasteiger charge is -2.33. The topological polar surface area (TPSA) is 133 Å². The number of nitrogens with one attached hydrogen (secondary N) is 2. The first-order chi connectivity index (χ1) is 18.5. The van der Waals surface area contributed by atoms with Gasteiger partial charge < -0.3 is 24.9 Å². The number of carboxylic acids is 1. The third kappa shape index (κ3) is 6.61. The molecule has 3 aromatic heterocycles. The number of halogens is 3. The van der Waals surface area contributed by atoms with E-state index in [2.05, 4.69) is 20.3 Å². The average Bonchev–Trinajstić information content (AvgIpc) is 3.52. The molecule has 0 aliphatic carbocycles. The molecular weight excluding hydrogens is 517 g/mol. The quantitative estimate of drug-likeness (QED) is 0.354. The molecule has 3 N–H and O–H groups in total. The van der Waals surface area contributed by atoms with E-state index in [0.29, 0.717) is 31.0 Å². The number of aromatic nitrogens is 4. The van der Waals surface area contributed by atoms with Gasteiger partial charge in [0, 0.05) is 36.4 Å². The molecule has 1 aromatic carbocycles. The fraction of sp³-hybridized carbons (Fsp3) is 0.269. The summed E-state index contributed by atoms with van der Waals surface area (Å²) in [6, 6.07) is 15.2. The number of carbonyl (C=O) groups excluding carboxylic acids is 2. The van der Waals surface area contributed by atoms with Gasteiger partial charge in [-0.05, 0) is 31.2 Å². The predicted molar refractivity (Wildman–Crippen MR) is 133 cm³/mol. The van der Waals surface area contributed by atoms with Crippen molar-refractivity contribution in [2.45, 2.75) is 38.7 Å². The number of pyridine rings is 1. The van der Waals surface area contributed by atoms with Gasteiger partial charge in [-0.2, -0.15) is 13.2 Å². The van der Waals surface area contributed by atoms with E-state index in [4.69, 9.17) is 9.90 Å². The number of carbonyl (C=O) groups is 3. The number of benzene rings is 1. The standard InChI is InChI=1S/C24H24N6O2.C2HF3O2/c1-16-23-27-19(13-22(31)26-14-18-7-4-5-9-25-18)15-29(23)10-11-30(16)24(32)21-12-17-6-2-3-8-20(17)28-21;3-2(4,5)1(6)7/h2-9,12,15-16,28H,10-11,13-14H2,1H3,(H,26,31);(H,6,7). The molecule has 4 heterocycles. The van der Waals surface area contributed by atoms with Crippen molar-refractivity contribution in [3.05, 3.63) is 83.8 Å². The van der Waals surface area contributed by atoms with E-state index in [-0.39, 0.29) is 24.3 Å². The Morgan fingerprint density at radius 1 is 1.10 bits per heavy atom. The second-order valence-corrected chi connectivity index (χ2v) is 8.81. The molecule has 1 atom stereocenters. The van der Waals surface area contributed by atoms with Crippen molar-refractivity contribution in [2.24, 2.45) is 0 Å². The number of carboxylic acid groups (broad SMARTS) is 1. The first kappa shape index (κ1) is 27.4. The largest absolute Gasteiger partial charge is 0.490 e. The first-order valence-electron chi connectivity index (χ1n) is 11.9. The maximum atomic E-state index is 13.2. The average molecular weight is 543 g/mol. The highest BCUT2D eigenvalue weighted by Gasteiger charge is 2.38. The summed E-state index contributed by atoms with van der Waals surface area (Å²) < 4.78 is 33.8. The smallest absolute Gasteiger partial charge is 0.475 e. The summed E-state index contributed by atoms with van der Waals surface area (Å²) in [6.07, 6.45) is -1.28. The van der Waals surface area contributed by atoms with Gasteiger partial charge in [0.2, 0.25) is 5.91 Å². The molecule has 0 radical (unpaired) electrons. The molecule has 1 aliphatic rings. The highest BCUT2D eigenvalue weighted by Crippen LogP contribution is 2.27. The molecule has 204 valence electrons. The fourth-order valence-electron chi connectivity index (χ4n) is 4.17. The van der Waals surface area contributed by atoms with E-state index in [9.17, 15) is 22.8 Å². The lowest BCUT2D eigenvalue weighted by atomic mass is 10.2. The van der Waals surface area contributed by atoms with Crippen LogP contribution in [0.2, 0.25) is 0 Å². The van der Waals surface area contributed by atoms with Gasteiger partial charge in [0.05, 0.1) is 30.4 Å².